The van der Waals surface area contributed by atoms with Crippen LogP contribution in [0.1, 0.15) is 20.7 Å². The summed E-state index contributed by atoms with van der Waals surface area (Å²) in [6.07, 6.45) is 0.951. The SMILES string of the molecule is COc1ccc(N2C(=O)NC(=O)[C@H](/C=N\NC(=O)c3ccc(NC(=O)c4ccccc4)cc3)C2=O)cc1. The lowest BCUT2D eigenvalue weighted by molar-refractivity contribution is -0.131. The average molecular weight is 499 g/mol. The van der Waals surface area contributed by atoms with Crippen LogP contribution in [0.25, 0.3) is 0 Å². The third-order valence-corrected chi connectivity index (χ3v) is 5.36. The van der Waals surface area contributed by atoms with Crippen molar-refractivity contribution in [1.29, 1.82) is 0 Å². The number of nitrogens with zero attached hydrogens (tertiary/aromatic N) is 2. The number of ether oxygens (including phenoxy) is 1. The molecule has 1 heterocycles. The maximum absolute atomic E-state index is 12.8. The van der Waals surface area contributed by atoms with Crippen molar-refractivity contribution in [3.8, 4) is 5.75 Å². The van der Waals surface area contributed by atoms with Gasteiger partial charge in [-0.25, -0.2) is 15.1 Å². The van der Waals surface area contributed by atoms with E-state index in [1.807, 2.05) is 0 Å². The molecule has 1 aliphatic heterocycles. The van der Waals surface area contributed by atoms with Crippen molar-refractivity contribution in [3.63, 3.8) is 0 Å². The summed E-state index contributed by atoms with van der Waals surface area (Å²) in [6.45, 7) is 0. The number of anilines is 2. The van der Waals surface area contributed by atoms with Gasteiger partial charge in [0.15, 0.2) is 5.92 Å². The van der Waals surface area contributed by atoms with Gasteiger partial charge in [0.25, 0.3) is 17.7 Å². The molecular weight excluding hydrogens is 478 g/mol. The molecule has 37 heavy (non-hydrogen) atoms. The zero-order valence-corrected chi connectivity index (χ0v) is 19.5. The van der Waals surface area contributed by atoms with Gasteiger partial charge < -0.3 is 10.1 Å². The van der Waals surface area contributed by atoms with E-state index in [4.69, 9.17) is 4.74 Å². The van der Waals surface area contributed by atoms with Crippen LogP contribution in [0.5, 0.6) is 5.75 Å². The van der Waals surface area contributed by atoms with E-state index >= 15 is 0 Å². The van der Waals surface area contributed by atoms with Crippen LogP contribution in [0.4, 0.5) is 16.2 Å². The van der Waals surface area contributed by atoms with Crippen LogP contribution >= 0.6 is 0 Å². The summed E-state index contributed by atoms with van der Waals surface area (Å²) in [4.78, 5) is 62.8. The maximum Gasteiger partial charge on any atom is 0.335 e. The van der Waals surface area contributed by atoms with Gasteiger partial charge in [0.05, 0.1) is 12.8 Å². The molecule has 3 aromatic carbocycles. The van der Waals surface area contributed by atoms with E-state index in [1.165, 1.54) is 31.4 Å². The highest BCUT2D eigenvalue weighted by Gasteiger charge is 2.40. The first-order valence-corrected chi connectivity index (χ1v) is 11.0. The molecular formula is C26H21N5O6. The molecule has 1 aliphatic rings. The number of carbonyl (C=O) groups is 5. The van der Waals surface area contributed by atoms with Crippen LogP contribution in [0.15, 0.2) is 84.0 Å². The Morgan fingerprint density at radius 3 is 2.19 bits per heavy atom. The summed E-state index contributed by atoms with van der Waals surface area (Å²) in [5, 5.41) is 8.55. The van der Waals surface area contributed by atoms with E-state index in [1.54, 1.807) is 54.6 Å². The summed E-state index contributed by atoms with van der Waals surface area (Å²) < 4.78 is 5.06. The molecule has 0 radical (unpaired) electrons. The highest BCUT2D eigenvalue weighted by atomic mass is 16.5. The molecule has 3 N–H and O–H groups in total. The Kier molecular flexibility index (Phi) is 7.34. The molecule has 1 saturated heterocycles. The fourth-order valence-electron chi connectivity index (χ4n) is 3.43. The van der Waals surface area contributed by atoms with Crippen LogP contribution in [0.3, 0.4) is 0 Å². The lowest BCUT2D eigenvalue weighted by atomic mass is 10.1. The fraction of sp³-hybridized carbons (Fsp3) is 0.0769. The molecule has 0 aromatic heterocycles. The molecule has 1 fully saturated rings. The Morgan fingerprint density at radius 1 is 0.892 bits per heavy atom. The van der Waals surface area contributed by atoms with Crippen molar-refractivity contribution in [2.75, 3.05) is 17.3 Å². The predicted molar refractivity (Wildman–Crippen MR) is 134 cm³/mol. The molecule has 0 unspecified atom stereocenters. The average Bonchev–Trinajstić information content (AvgIpc) is 2.91. The zero-order chi connectivity index (χ0) is 26.4. The Bertz CT molecular complexity index is 1370. The van der Waals surface area contributed by atoms with E-state index in [0.29, 0.717) is 17.0 Å². The summed E-state index contributed by atoms with van der Waals surface area (Å²) in [5.74, 6) is -3.50. The molecule has 0 aliphatic carbocycles. The van der Waals surface area contributed by atoms with Crippen LogP contribution in [0.2, 0.25) is 0 Å². The van der Waals surface area contributed by atoms with Crippen molar-refractivity contribution in [3.05, 3.63) is 90.0 Å². The molecule has 3 aromatic rings. The molecule has 0 spiro atoms. The standard InChI is InChI=1S/C26H21N5O6/c1-37-20-13-11-19(12-14-20)31-25(35)21(24(34)29-26(31)36)15-27-30-23(33)17-7-9-18(10-8-17)28-22(32)16-5-3-2-4-6-16/h2-15,21H,1H3,(H,28,32)(H,30,33)(H,29,34,36)/b27-15-/t21-/m0/s1. The normalized spacial score (nSPS) is 15.3. The first-order valence-electron chi connectivity index (χ1n) is 11.0. The molecule has 0 bridgehead atoms. The minimum absolute atomic E-state index is 0.226. The largest absolute Gasteiger partial charge is 0.497 e. The van der Waals surface area contributed by atoms with Gasteiger partial charge in [-0.1, -0.05) is 18.2 Å². The van der Waals surface area contributed by atoms with E-state index in [9.17, 15) is 24.0 Å². The topological polar surface area (TPSA) is 146 Å². The first kappa shape index (κ1) is 24.8. The Labute approximate surface area is 211 Å². The molecule has 6 amide bonds. The number of amides is 6. The minimum Gasteiger partial charge on any atom is -0.497 e. The van der Waals surface area contributed by atoms with Crippen molar-refractivity contribution < 1.29 is 28.7 Å². The number of barbiturate groups is 1. The number of hydrazone groups is 1. The van der Waals surface area contributed by atoms with Crippen LogP contribution in [0, 0.1) is 5.92 Å². The second-order valence-electron chi connectivity index (χ2n) is 7.76. The van der Waals surface area contributed by atoms with Crippen LogP contribution in [-0.2, 0) is 9.59 Å². The fourth-order valence-corrected chi connectivity index (χ4v) is 3.43. The molecule has 0 saturated carbocycles. The number of hydrogen-bond donors (Lipinski definition) is 3. The van der Waals surface area contributed by atoms with Crippen LogP contribution in [-0.4, -0.2) is 43.0 Å². The molecule has 4 rings (SSSR count). The third kappa shape index (κ3) is 5.68. The number of benzene rings is 3. The van der Waals surface area contributed by atoms with E-state index in [0.717, 1.165) is 11.1 Å². The summed E-state index contributed by atoms with van der Waals surface area (Å²) in [7, 11) is 1.48. The first-order chi connectivity index (χ1) is 17.9. The van der Waals surface area contributed by atoms with Gasteiger partial charge in [-0.2, -0.15) is 5.10 Å². The molecule has 1 atom stereocenters. The van der Waals surface area contributed by atoms with Gasteiger partial charge in [0.2, 0.25) is 5.91 Å². The number of rotatable bonds is 7. The minimum atomic E-state index is -1.43. The lowest BCUT2D eigenvalue weighted by Crippen LogP contribution is -2.58. The Morgan fingerprint density at radius 2 is 1.54 bits per heavy atom. The Balaban J connectivity index is 1.38. The highest BCUT2D eigenvalue weighted by molar-refractivity contribution is 6.32. The predicted octanol–water partition coefficient (Wildman–Crippen LogP) is 2.56. The Hall–Kier alpha value is -5.32. The van der Waals surface area contributed by atoms with Gasteiger partial charge in [-0.15, -0.1) is 0 Å². The van der Waals surface area contributed by atoms with Crippen LogP contribution < -0.4 is 25.7 Å². The monoisotopic (exact) mass is 499 g/mol. The third-order valence-electron chi connectivity index (χ3n) is 5.36. The molecule has 11 nitrogen and oxygen atoms in total. The van der Waals surface area contributed by atoms with Crippen molar-refractivity contribution in [1.82, 2.24) is 10.7 Å². The summed E-state index contributed by atoms with van der Waals surface area (Å²) >= 11 is 0. The summed E-state index contributed by atoms with van der Waals surface area (Å²) in [5.41, 5.74) is 3.69. The van der Waals surface area contributed by atoms with E-state index in [2.05, 4.69) is 21.2 Å². The maximum atomic E-state index is 12.8. The number of imide groups is 2. The molecule has 186 valence electrons. The van der Waals surface area contributed by atoms with Gasteiger partial charge >= 0.3 is 6.03 Å². The number of carbonyl (C=O) groups excluding carboxylic acids is 5. The smallest absolute Gasteiger partial charge is 0.335 e. The van der Waals surface area contributed by atoms with Crippen molar-refractivity contribution in [2.24, 2.45) is 11.0 Å². The zero-order valence-electron chi connectivity index (χ0n) is 19.5. The molecule has 11 heteroatoms. The second kappa shape index (κ2) is 11.0. The lowest BCUT2D eigenvalue weighted by Gasteiger charge is -2.28. The number of nitrogens with one attached hydrogen (secondary N) is 3. The van der Waals surface area contributed by atoms with Gasteiger partial charge in [0, 0.05) is 23.0 Å². The van der Waals surface area contributed by atoms with Crippen molar-refractivity contribution in [2.45, 2.75) is 0 Å². The quantitative estimate of drug-likeness (QED) is 0.259. The van der Waals surface area contributed by atoms with E-state index in [-0.39, 0.29) is 17.2 Å². The second-order valence-corrected chi connectivity index (χ2v) is 7.76. The van der Waals surface area contributed by atoms with Gasteiger partial charge in [0.1, 0.15) is 5.75 Å². The number of hydrogen-bond acceptors (Lipinski definition) is 7. The number of methoxy groups -OCH3 is 1. The summed E-state index contributed by atoms with van der Waals surface area (Å²) in [6, 6.07) is 20.0. The van der Waals surface area contributed by atoms with E-state index < -0.39 is 29.7 Å². The highest BCUT2D eigenvalue weighted by Crippen LogP contribution is 2.23. The van der Waals surface area contributed by atoms with Crippen molar-refractivity contribution >= 4 is 47.2 Å². The van der Waals surface area contributed by atoms with Gasteiger partial charge in [-0.3, -0.25) is 24.5 Å². The van der Waals surface area contributed by atoms with Gasteiger partial charge in [-0.05, 0) is 60.7 Å². The number of urea groups is 1.